The molecular formula is C6H3Cl2N3O2. The lowest BCUT2D eigenvalue weighted by Crippen LogP contribution is -1.98. The Morgan fingerprint density at radius 1 is 1.46 bits per heavy atom. The van der Waals surface area contributed by atoms with Crippen molar-refractivity contribution in [2.75, 3.05) is 0 Å². The predicted octanol–water partition coefficient (Wildman–Crippen LogP) is 2.33. The monoisotopic (exact) mass is 219 g/mol. The molecule has 13 heavy (non-hydrogen) atoms. The van der Waals surface area contributed by atoms with Crippen molar-refractivity contribution in [3.05, 3.63) is 32.8 Å². The van der Waals surface area contributed by atoms with Gasteiger partial charge in [-0.2, -0.15) is 4.98 Å². The number of rotatable bonds is 2. The van der Waals surface area contributed by atoms with Crippen LogP contribution in [0.5, 0.6) is 0 Å². The molecule has 0 amide bonds. The third-order valence-electron chi connectivity index (χ3n) is 1.22. The number of halogens is 2. The van der Waals surface area contributed by atoms with E-state index in [0.29, 0.717) is 0 Å². The molecule has 0 unspecified atom stereocenters. The molecule has 68 valence electrons. The fraction of sp³-hybridized carbons (Fsp3) is 0. The Kier molecular flexibility index (Phi) is 2.79. The summed E-state index contributed by atoms with van der Waals surface area (Å²) in [6.07, 6.45) is 1.19. The summed E-state index contributed by atoms with van der Waals surface area (Å²) < 4.78 is 0. The summed E-state index contributed by atoms with van der Waals surface area (Å²) in [5.74, 6) is 0. The lowest BCUT2D eigenvalue weighted by molar-refractivity contribution is -0.385. The first-order valence-corrected chi connectivity index (χ1v) is 3.81. The maximum atomic E-state index is 10.5. The molecule has 1 aromatic rings. The van der Waals surface area contributed by atoms with Gasteiger partial charge in [-0.15, -0.1) is 0 Å². The van der Waals surface area contributed by atoms with Gasteiger partial charge in [-0.05, 0) is 17.7 Å². The van der Waals surface area contributed by atoms with Crippen molar-refractivity contribution in [2.24, 2.45) is 0 Å². The van der Waals surface area contributed by atoms with Gasteiger partial charge in [0.05, 0.1) is 4.92 Å². The molecule has 0 radical (unpaired) electrons. The normalized spacial score (nSPS) is 9.69. The van der Waals surface area contributed by atoms with Gasteiger partial charge in [-0.3, -0.25) is 10.1 Å². The van der Waals surface area contributed by atoms with E-state index in [1.165, 1.54) is 6.08 Å². The first-order valence-electron chi connectivity index (χ1n) is 3.06. The van der Waals surface area contributed by atoms with Crippen LogP contribution in [0.1, 0.15) is 5.69 Å². The molecule has 5 nitrogen and oxygen atoms in total. The van der Waals surface area contributed by atoms with E-state index >= 15 is 0 Å². The summed E-state index contributed by atoms with van der Waals surface area (Å²) in [5, 5.41) is 10.0. The molecule has 7 heteroatoms. The molecule has 0 atom stereocenters. The highest BCUT2D eigenvalue weighted by Crippen LogP contribution is 2.27. The van der Waals surface area contributed by atoms with Crippen LogP contribution in [0.3, 0.4) is 0 Å². The first-order chi connectivity index (χ1) is 6.06. The van der Waals surface area contributed by atoms with Gasteiger partial charge in [-0.1, -0.05) is 18.2 Å². The van der Waals surface area contributed by atoms with Gasteiger partial charge in [0, 0.05) is 0 Å². The van der Waals surface area contributed by atoms with Gasteiger partial charge in [0.15, 0.2) is 0 Å². The van der Waals surface area contributed by atoms with Crippen molar-refractivity contribution in [2.45, 2.75) is 0 Å². The van der Waals surface area contributed by atoms with E-state index in [0.717, 1.165) is 0 Å². The quantitative estimate of drug-likeness (QED) is 0.332. The van der Waals surface area contributed by atoms with Crippen LogP contribution in [0.4, 0.5) is 5.69 Å². The summed E-state index contributed by atoms with van der Waals surface area (Å²) in [5.41, 5.74) is -0.379. The van der Waals surface area contributed by atoms with Crippen molar-refractivity contribution in [3.8, 4) is 0 Å². The zero-order chi connectivity index (χ0) is 10.0. The molecule has 0 spiro atoms. The maximum Gasteiger partial charge on any atom is 0.331 e. The van der Waals surface area contributed by atoms with Gasteiger partial charge in [0.2, 0.25) is 10.4 Å². The van der Waals surface area contributed by atoms with E-state index in [-0.39, 0.29) is 21.8 Å². The average Bonchev–Trinajstić information content (AvgIpc) is 2.01. The first kappa shape index (κ1) is 9.88. The third kappa shape index (κ3) is 1.93. The lowest BCUT2D eigenvalue weighted by atomic mass is 10.3. The molecular weight excluding hydrogens is 217 g/mol. The van der Waals surface area contributed by atoms with Crippen LogP contribution in [-0.4, -0.2) is 14.9 Å². The molecule has 1 aromatic heterocycles. The van der Waals surface area contributed by atoms with E-state index < -0.39 is 4.92 Å². The molecule has 0 aliphatic rings. The Morgan fingerprint density at radius 3 is 2.54 bits per heavy atom. The maximum absolute atomic E-state index is 10.5. The molecule has 0 N–H and O–H groups in total. The van der Waals surface area contributed by atoms with Crippen LogP contribution in [-0.2, 0) is 0 Å². The predicted molar refractivity (Wildman–Crippen MR) is 48.8 cm³/mol. The molecule has 1 rings (SSSR count). The minimum atomic E-state index is -0.685. The van der Waals surface area contributed by atoms with Crippen LogP contribution in [0, 0.1) is 10.1 Å². The number of nitro groups is 1. The van der Waals surface area contributed by atoms with E-state index in [9.17, 15) is 10.1 Å². The second kappa shape index (κ2) is 3.68. The number of hydrogen-bond donors (Lipinski definition) is 0. The Bertz CT molecular complexity index is 380. The fourth-order valence-corrected chi connectivity index (χ4v) is 1.19. The highest BCUT2D eigenvalue weighted by molar-refractivity contribution is 6.33. The largest absolute Gasteiger partial charge is 0.331 e. The zero-order valence-electron chi connectivity index (χ0n) is 6.20. The summed E-state index contributed by atoms with van der Waals surface area (Å²) in [6, 6.07) is 0. The van der Waals surface area contributed by atoms with Gasteiger partial charge >= 0.3 is 5.69 Å². The smallest absolute Gasteiger partial charge is 0.258 e. The van der Waals surface area contributed by atoms with Crippen LogP contribution in [0.15, 0.2) is 6.58 Å². The SMILES string of the molecule is C=Cc1nc(Cl)nc(Cl)c1[N+](=O)[O-]. The van der Waals surface area contributed by atoms with Gasteiger partial charge in [0.1, 0.15) is 5.69 Å². The second-order valence-corrected chi connectivity index (χ2v) is 2.67. The fourth-order valence-electron chi connectivity index (χ4n) is 0.728. The van der Waals surface area contributed by atoms with Gasteiger partial charge < -0.3 is 0 Å². The number of aromatic nitrogens is 2. The standard InChI is InChI=1S/C6H3Cl2N3O2/c1-2-3-4(11(12)13)5(7)10-6(8)9-3/h2H,1H2. The number of hydrogen-bond acceptors (Lipinski definition) is 4. The molecule has 0 bridgehead atoms. The van der Waals surface area contributed by atoms with Crippen molar-refractivity contribution in [1.82, 2.24) is 9.97 Å². The molecule has 1 heterocycles. The molecule has 0 saturated heterocycles. The Morgan fingerprint density at radius 2 is 2.08 bits per heavy atom. The highest BCUT2D eigenvalue weighted by atomic mass is 35.5. The Hall–Kier alpha value is -1.20. The van der Waals surface area contributed by atoms with E-state index in [2.05, 4.69) is 16.5 Å². The van der Waals surface area contributed by atoms with Crippen LogP contribution in [0.2, 0.25) is 10.4 Å². The van der Waals surface area contributed by atoms with Crippen molar-refractivity contribution >= 4 is 35.0 Å². The van der Waals surface area contributed by atoms with Gasteiger partial charge in [-0.25, -0.2) is 4.98 Å². The van der Waals surface area contributed by atoms with E-state index in [1.54, 1.807) is 0 Å². The summed E-state index contributed by atoms with van der Waals surface area (Å²) in [6.45, 7) is 3.34. The molecule has 0 fully saturated rings. The summed E-state index contributed by atoms with van der Waals surface area (Å²) in [7, 11) is 0. The minimum absolute atomic E-state index is 0.00926. The highest BCUT2D eigenvalue weighted by Gasteiger charge is 2.20. The topological polar surface area (TPSA) is 68.9 Å². The van der Waals surface area contributed by atoms with Gasteiger partial charge in [0.25, 0.3) is 0 Å². The lowest BCUT2D eigenvalue weighted by Gasteiger charge is -1.98. The average molecular weight is 220 g/mol. The summed E-state index contributed by atoms with van der Waals surface area (Å²) >= 11 is 10.9. The van der Waals surface area contributed by atoms with Crippen LogP contribution in [0.25, 0.3) is 6.08 Å². The molecule has 0 aliphatic heterocycles. The summed E-state index contributed by atoms with van der Waals surface area (Å²) in [4.78, 5) is 16.8. The van der Waals surface area contributed by atoms with E-state index in [1.807, 2.05) is 0 Å². The van der Waals surface area contributed by atoms with Crippen molar-refractivity contribution in [3.63, 3.8) is 0 Å². The van der Waals surface area contributed by atoms with Crippen molar-refractivity contribution in [1.29, 1.82) is 0 Å². The molecule has 0 aromatic carbocycles. The zero-order valence-corrected chi connectivity index (χ0v) is 7.71. The molecule has 0 saturated carbocycles. The van der Waals surface area contributed by atoms with Crippen LogP contribution >= 0.6 is 23.2 Å². The van der Waals surface area contributed by atoms with Crippen LogP contribution < -0.4 is 0 Å². The number of nitrogens with zero attached hydrogens (tertiary/aromatic N) is 3. The Labute approximate surface area is 83.2 Å². The second-order valence-electron chi connectivity index (χ2n) is 1.98. The molecule has 0 aliphatic carbocycles. The minimum Gasteiger partial charge on any atom is -0.258 e. The third-order valence-corrected chi connectivity index (χ3v) is 1.65. The Balaban J connectivity index is 3.47. The van der Waals surface area contributed by atoms with Crippen molar-refractivity contribution < 1.29 is 4.92 Å². The van der Waals surface area contributed by atoms with E-state index in [4.69, 9.17) is 23.2 Å².